The van der Waals surface area contributed by atoms with Crippen LogP contribution < -0.4 is 5.73 Å². The molecule has 0 fully saturated rings. The smallest absolute Gasteiger partial charge is 0.297 e. The summed E-state index contributed by atoms with van der Waals surface area (Å²) in [7, 11) is -9.42. The van der Waals surface area contributed by atoms with Crippen LogP contribution in [0.4, 0.5) is 5.69 Å². The van der Waals surface area contributed by atoms with E-state index < -0.39 is 35.8 Å². The van der Waals surface area contributed by atoms with Gasteiger partial charge in [-0.05, 0) is 18.2 Å². The maximum absolute atomic E-state index is 11.3. The Labute approximate surface area is 142 Å². The number of hydrogen-bond donors (Lipinski definition) is 4. The molecule has 2 aromatic rings. The third-order valence-electron chi connectivity index (χ3n) is 2.62. The molecule has 0 amide bonds. The number of aromatic hydroxyl groups is 1. The molecule has 8 nitrogen and oxygen atoms in total. The molecule has 0 bridgehead atoms. The second-order valence-corrected chi connectivity index (χ2v) is 6.75. The molecule has 21 heavy (non-hydrogen) atoms. The van der Waals surface area contributed by atoms with Gasteiger partial charge in [-0.2, -0.15) is 16.8 Å². The molecule has 0 unspecified atom stereocenters. The van der Waals surface area contributed by atoms with E-state index in [9.17, 15) is 21.9 Å². The van der Waals surface area contributed by atoms with E-state index in [-0.39, 0.29) is 46.0 Å². The molecule has 1 radical (unpaired) electrons. The largest absolute Gasteiger partial charge is 0.507 e. The number of phenolic OH excluding ortho intramolecular Hbond substituents is 1. The molecule has 109 valence electrons. The maximum atomic E-state index is 11.3. The van der Waals surface area contributed by atoms with E-state index >= 15 is 0 Å². The SMILES string of the molecule is Nc1ccc2c(O)cc(S(=O)(=O)O)cc2c1S(=O)(=O)O.[Na]. The minimum Gasteiger partial charge on any atom is -0.507 e. The Balaban J connectivity index is 0.00000220. The summed E-state index contributed by atoms with van der Waals surface area (Å²) in [6.07, 6.45) is 0. The summed E-state index contributed by atoms with van der Waals surface area (Å²) < 4.78 is 62.9. The van der Waals surface area contributed by atoms with E-state index in [2.05, 4.69) is 0 Å². The maximum Gasteiger partial charge on any atom is 0.297 e. The van der Waals surface area contributed by atoms with Crippen LogP contribution in [0.25, 0.3) is 10.8 Å². The van der Waals surface area contributed by atoms with Gasteiger partial charge in [-0.15, -0.1) is 0 Å². The number of fused-ring (bicyclic) bond motifs is 1. The van der Waals surface area contributed by atoms with Crippen molar-refractivity contribution in [1.29, 1.82) is 0 Å². The first kappa shape index (κ1) is 18.2. The summed E-state index contributed by atoms with van der Waals surface area (Å²) in [4.78, 5) is -1.46. The van der Waals surface area contributed by atoms with E-state index in [0.717, 1.165) is 18.2 Å². The van der Waals surface area contributed by atoms with Gasteiger partial charge in [0.2, 0.25) is 0 Å². The molecule has 0 heterocycles. The summed E-state index contributed by atoms with van der Waals surface area (Å²) in [6, 6.07) is 3.94. The zero-order valence-corrected chi connectivity index (χ0v) is 14.3. The summed E-state index contributed by atoms with van der Waals surface area (Å²) >= 11 is 0. The molecule has 0 aromatic heterocycles. The van der Waals surface area contributed by atoms with Crippen molar-refractivity contribution in [3.05, 3.63) is 24.3 Å². The number of nitrogens with two attached hydrogens (primary N) is 1. The van der Waals surface area contributed by atoms with Crippen molar-refractivity contribution in [2.24, 2.45) is 0 Å². The quantitative estimate of drug-likeness (QED) is 0.344. The van der Waals surface area contributed by atoms with E-state index in [1.807, 2.05) is 0 Å². The molecule has 0 aliphatic heterocycles. The minimum atomic E-state index is -4.75. The fraction of sp³-hybridized carbons (Fsp3) is 0. The molecular formula is C10H9NNaO7S2. The van der Waals surface area contributed by atoms with Crippen molar-refractivity contribution < 1.29 is 31.0 Å². The molecule has 0 aliphatic carbocycles. The van der Waals surface area contributed by atoms with Gasteiger partial charge >= 0.3 is 0 Å². The number of phenols is 1. The Kier molecular flexibility index (Phi) is 4.95. The number of hydrogen-bond acceptors (Lipinski definition) is 6. The Hall–Kier alpha value is -0.880. The number of rotatable bonds is 2. The van der Waals surface area contributed by atoms with Crippen LogP contribution in [0.15, 0.2) is 34.1 Å². The zero-order chi connectivity index (χ0) is 15.3. The topological polar surface area (TPSA) is 155 Å². The molecule has 0 aliphatic rings. The predicted octanol–water partition coefficient (Wildman–Crippen LogP) is 0.240. The van der Waals surface area contributed by atoms with E-state index in [4.69, 9.17) is 14.8 Å². The third kappa shape index (κ3) is 3.48. The first-order chi connectivity index (χ1) is 9.01. The average Bonchev–Trinajstić information content (AvgIpc) is 2.24. The third-order valence-corrected chi connectivity index (χ3v) is 4.43. The molecule has 11 heteroatoms. The van der Waals surface area contributed by atoms with Crippen molar-refractivity contribution >= 4 is 66.3 Å². The molecular weight excluding hydrogens is 333 g/mol. The van der Waals surface area contributed by atoms with Crippen molar-refractivity contribution in [1.82, 2.24) is 0 Å². The molecule has 5 N–H and O–H groups in total. The van der Waals surface area contributed by atoms with Gasteiger partial charge in [-0.1, -0.05) is 0 Å². The molecule has 0 saturated carbocycles. The fourth-order valence-electron chi connectivity index (χ4n) is 1.82. The van der Waals surface area contributed by atoms with E-state index in [1.54, 1.807) is 0 Å². The van der Waals surface area contributed by atoms with Gasteiger partial charge < -0.3 is 10.8 Å². The van der Waals surface area contributed by atoms with Crippen molar-refractivity contribution in [2.45, 2.75) is 9.79 Å². The Morgan fingerprint density at radius 3 is 1.95 bits per heavy atom. The molecule has 2 aromatic carbocycles. The zero-order valence-electron chi connectivity index (χ0n) is 10.7. The summed E-state index contributed by atoms with van der Waals surface area (Å²) in [5.74, 6) is -0.583. The van der Waals surface area contributed by atoms with Crippen LogP contribution in [0.1, 0.15) is 0 Å². The molecule has 0 saturated heterocycles. The monoisotopic (exact) mass is 342 g/mol. The predicted molar refractivity (Wildman–Crippen MR) is 75.4 cm³/mol. The van der Waals surface area contributed by atoms with Gasteiger partial charge in [0.25, 0.3) is 20.2 Å². The first-order valence-corrected chi connectivity index (χ1v) is 7.90. The Bertz CT molecular complexity index is 922. The summed E-state index contributed by atoms with van der Waals surface area (Å²) in [5.41, 5.74) is 5.12. The van der Waals surface area contributed by atoms with E-state index in [1.165, 1.54) is 6.07 Å². The van der Waals surface area contributed by atoms with Crippen LogP contribution in [0.2, 0.25) is 0 Å². The van der Waals surface area contributed by atoms with E-state index in [0.29, 0.717) is 0 Å². The van der Waals surface area contributed by atoms with Crippen LogP contribution in [0.3, 0.4) is 0 Å². The summed E-state index contributed by atoms with van der Waals surface area (Å²) in [6.45, 7) is 0. The number of benzene rings is 2. The van der Waals surface area contributed by atoms with Crippen molar-refractivity contribution in [3.63, 3.8) is 0 Å². The van der Waals surface area contributed by atoms with Gasteiger partial charge in [0.15, 0.2) is 0 Å². The summed E-state index contributed by atoms with van der Waals surface area (Å²) in [5, 5.41) is 9.34. The average molecular weight is 342 g/mol. The van der Waals surface area contributed by atoms with Gasteiger partial charge in [0, 0.05) is 46.4 Å². The number of anilines is 1. The van der Waals surface area contributed by atoms with Crippen molar-refractivity contribution in [3.8, 4) is 5.75 Å². The van der Waals surface area contributed by atoms with Gasteiger partial charge in [0.1, 0.15) is 10.6 Å². The van der Waals surface area contributed by atoms with Crippen LogP contribution in [-0.4, -0.2) is 60.6 Å². The molecule has 0 spiro atoms. The Morgan fingerprint density at radius 2 is 1.48 bits per heavy atom. The van der Waals surface area contributed by atoms with Crippen LogP contribution in [0, 0.1) is 0 Å². The normalized spacial score (nSPS) is 12.1. The minimum absolute atomic E-state index is 0. The van der Waals surface area contributed by atoms with Crippen LogP contribution in [-0.2, 0) is 20.2 Å². The standard InChI is InChI=1S/C10H9NO7S2.Na/c11-8-2-1-6-7(10(8)20(16,17)18)3-5(4-9(6)12)19(13,14)15;/h1-4,12H,11H2,(H,13,14,15)(H,16,17,18);. The van der Waals surface area contributed by atoms with Gasteiger partial charge in [-0.3, -0.25) is 9.11 Å². The van der Waals surface area contributed by atoms with Gasteiger partial charge in [-0.25, -0.2) is 0 Å². The van der Waals surface area contributed by atoms with Crippen molar-refractivity contribution in [2.75, 3.05) is 5.73 Å². The van der Waals surface area contributed by atoms with Gasteiger partial charge in [0.05, 0.1) is 10.6 Å². The fourth-order valence-corrected chi connectivity index (χ4v) is 3.16. The van der Waals surface area contributed by atoms with Crippen LogP contribution in [0.5, 0.6) is 5.75 Å². The second kappa shape index (κ2) is 5.72. The second-order valence-electron chi connectivity index (χ2n) is 3.97. The first-order valence-electron chi connectivity index (χ1n) is 5.02. The molecule has 2 rings (SSSR count). The Morgan fingerprint density at radius 1 is 0.905 bits per heavy atom. The number of nitrogen functional groups attached to an aromatic ring is 1. The van der Waals surface area contributed by atoms with Crippen LogP contribution >= 0.6 is 0 Å². The molecule has 0 atom stereocenters.